The van der Waals surface area contributed by atoms with Gasteiger partial charge in [-0.25, -0.2) is 0 Å². The molecule has 2 aliphatic rings. The fourth-order valence-electron chi connectivity index (χ4n) is 3.91. The van der Waals surface area contributed by atoms with Gasteiger partial charge >= 0.3 is 0 Å². The number of halogens is 1. The van der Waals surface area contributed by atoms with Crippen LogP contribution < -0.4 is 0 Å². The average Bonchev–Trinajstić information content (AvgIpc) is 2.74. The van der Waals surface area contributed by atoms with E-state index in [4.69, 9.17) is 30.5 Å². The number of hydrogen-bond donors (Lipinski definition) is 2. The van der Waals surface area contributed by atoms with Crippen LogP contribution in [0.4, 0.5) is 0 Å². The molecule has 2 fully saturated rings. The second kappa shape index (κ2) is 7.96. The third-order valence-electron chi connectivity index (χ3n) is 6.01. The van der Waals surface area contributed by atoms with Gasteiger partial charge in [-0.2, -0.15) is 0 Å². The van der Waals surface area contributed by atoms with Gasteiger partial charge in [0, 0.05) is 16.1 Å². The minimum atomic E-state index is -1.25. The first-order valence-corrected chi connectivity index (χ1v) is 9.97. The van der Waals surface area contributed by atoms with Crippen molar-refractivity contribution in [3.8, 4) is 0 Å². The van der Waals surface area contributed by atoms with Crippen LogP contribution in [0, 0.1) is 0 Å². The Morgan fingerprint density at radius 2 is 1.66 bits per heavy atom. The highest BCUT2D eigenvalue weighted by atomic mass is 35.5. The van der Waals surface area contributed by atoms with Crippen molar-refractivity contribution in [2.45, 2.75) is 49.8 Å². The maximum atomic E-state index is 10.7. The van der Waals surface area contributed by atoms with Gasteiger partial charge in [-0.1, -0.05) is 54.1 Å². The van der Waals surface area contributed by atoms with Crippen molar-refractivity contribution in [2.24, 2.45) is 0 Å². The first-order valence-electron chi connectivity index (χ1n) is 9.59. The second-order valence-corrected chi connectivity index (χ2v) is 8.17. The standard InChI is InChI=1S/C22H25ClO6/c1-21(17(25)12-24)22(2)18(27-20(29-21)14-6-4-3-5-7-14)13-26-19(28-22)15-8-10-16(23)11-9-15/h3-11,17-20,24-25H,12-13H2,1-2H3/t17-,18+,19?,20?,21-,22-/m1/s1. The molecule has 0 aromatic heterocycles. The molecule has 2 aliphatic heterocycles. The smallest absolute Gasteiger partial charge is 0.185 e. The van der Waals surface area contributed by atoms with Crippen LogP contribution in [0.25, 0.3) is 0 Å². The molecule has 6 atom stereocenters. The van der Waals surface area contributed by atoms with Crippen LogP contribution in [0.5, 0.6) is 0 Å². The Balaban J connectivity index is 1.68. The zero-order chi connectivity index (χ0) is 20.6. The summed E-state index contributed by atoms with van der Waals surface area (Å²) in [7, 11) is 0. The predicted molar refractivity (Wildman–Crippen MR) is 106 cm³/mol. The molecule has 0 spiro atoms. The summed E-state index contributed by atoms with van der Waals surface area (Å²) in [5.74, 6) is 0. The molecule has 2 unspecified atom stereocenters. The topological polar surface area (TPSA) is 77.4 Å². The largest absolute Gasteiger partial charge is 0.394 e. The van der Waals surface area contributed by atoms with Crippen LogP contribution in [0.2, 0.25) is 5.02 Å². The van der Waals surface area contributed by atoms with E-state index in [0.717, 1.165) is 11.1 Å². The van der Waals surface area contributed by atoms with Crippen LogP contribution in [-0.2, 0) is 18.9 Å². The molecule has 2 saturated heterocycles. The SMILES string of the molecule is C[C@]1([C@H](O)CO)OC(c2ccccc2)O[C@H]2COC(c3ccc(Cl)cc3)O[C@]21C. The summed E-state index contributed by atoms with van der Waals surface area (Å²) >= 11 is 5.99. The fraction of sp³-hybridized carbons (Fsp3) is 0.455. The van der Waals surface area contributed by atoms with Crippen molar-refractivity contribution in [3.05, 3.63) is 70.7 Å². The molecule has 6 nitrogen and oxygen atoms in total. The third kappa shape index (κ3) is 3.59. The molecule has 2 aromatic carbocycles. The van der Waals surface area contributed by atoms with Gasteiger partial charge in [-0.15, -0.1) is 0 Å². The molecule has 0 amide bonds. The van der Waals surface area contributed by atoms with E-state index in [0.29, 0.717) is 5.02 Å². The van der Waals surface area contributed by atoms with Crippen molar-refractivity contribution >= 4 is 11.6 Å². The van der Waals surface area contributed by atoms with Crippen LogP contribution in [0.15, 0.2) is 54.6 Å². The highest BCUT2D eigenvalue weighted by Gasteiger charge is 2.63. The molecule has 2 N–H and O–H groups in total. The van der Waals surface area contributed by atoms with E-state index in [1.807, 2.05) is 49.4 Å². The average molecular weight is 421 g/mol. The molecule has 156 valence electrons. The number of aliphatic hydroxyl groups excluding tert-OH is 2. The predicted octanol–water partition coefficient (Wildman–Crippen LogP) is 3.37. The molecule has 2 aromatic rings. The number of ether oxygens (including phenoxy) is 4. The zero-order valence-corrected chi connectivity index (χ0v) is 17.1. The minimum Gasteiger partial charge on any atom is -0.394 e. The number of hydrogen-bond acceptors (Lipinski definition) is 6. The van der Waals surface area contributed by atoms with Crippen LogP contribution in [-0.4, -0.2) is 46.8 Å². The molecule has 2 heterocycles. The molecule has 4 rings (SSSR count). The van der Waals surface area contributed by atoms with E-state index >= 15 is 0 Å². The molecule has 0 bridgehead atoms. The van der Waals surface area contributed by atoms with Crippen LogP contribution in [0.1, 0.15) is 37.6 Å². The Kier molecular flexibility index (Phi) is 5.70. The number of fused-ring (bicyclic) bond motifs is 1. The van der Waals surface area contributed by atoms with Gasteiger partial charge < -0.3 is 29.2 Å². The first kappa shape index (κ1) is 20.8. The number of benzene rings is 2. The second-order valence-electron chi connectivity index (χ2n) is 7.73. The van der Waals surface area contributed by atoms with Gasteiger partial charge in [0.25, 0.3) is 0 Å². The monoisotopic (exact) mass is 420 g/mol. The highest BCUT2D eigenvalue weighted by molar-refractivity contribution is 6.30. The molecule has 29 heavy (non-hydrogen) atoms. The van der Waals surface area contributed by atoms with Gasteiger partial charge in [0.15, 0.2) is 12.6 Å². The minimum absolute atomic E-state index is 0.240. The van der Waals surface area contributed by atoms with Gasteiger partial charge in [-0.3, -0.25) is 0 Å². The quantitative estimate of drug-likeness (QED) is 0.789. The van der Waals surface area contributed by atoms with Crippen molar-refractivity contribution in [1.29, 1.82) is 0 Å². The number of aliphatic hydroxyl groups is 2. The van der Waals surface area contributed by atoms with Crippen molar-refractivity contribution in [1.82, 2.24) is 0 Å². The molecular weight excluding hydrogens is 396 g/mol. The number of rotatable bonds is 4. The van der Waals surface area contributed by atoms with Crippen molar-refractivity contribution in [2.75, 3.05) is 13.2 Å². The molecule has 7 heteroatoms. The van der Waals surface area contributed by atoms with E-state index in [1.54, 1.807) is 19.1 Å². The Morgan fingerprint density at radius 1 is 1.00 bits per heavy atom. The Morgan fingerprint density at radius 3 is 2.31 bits per heavy atom. The van der Waals surface area contributed by atoms with Crippen molar-refractivity contribution < 1.29 is 29.2 Å². The molecule has 0 saturated carbocycles. The van der Waals surface area contributed by atoms with Crippen molar-refractivity contribution in [3.63, 3.8) is 0 Å². The summed E-state index contributed by atoms with van der Waals surface area (Å²) in [5, 5.41) is 21.1. The fourth-order valence-corrected chi connectivity index (χ4v) is 4.04. The molecular formula is C22H25ClO6. The Bertz CT molecular complexity index is 831. The lowest BCUT2D eigenvalue weighted by atomic mass is 9.75. The van der Waals surface area contributed by atoms with Crippen LogP contribution >= 0.6 is 11.6 Å². The van der Waals surface area contributed by atoms with Gasteiger partial charge in [0.1, 0.15) is 23.4 Å². The Hall–Kier alpha value is -1.51. The van der Waals surface area contributed by atoms with E-state index in [9.17, 15) is 10.2 Å². The zero-order valence-electron chi connectivity index (χ0n) is 16.3. The summed E-state index contributed by atoms with van der Waals surface area (Å²) in [4.78, 5) is 0. The van der Waals surface area contributed by atoms with E-state index in [-0.39, 0.29) is 6.61 Å². The van der Waals surface area contributed by atoms with Gasteiger partial charge in [0.05, 0.1) is 13.2 Å². The lowest BCUT2D eigenvalue weighted by molar-refractivity contribution is -0.436. The summed E-state index contributed by atoms with van der Waals surface area (Å²) in [6.07, 6.45) is -3.11. The lowest BCUT2D eigenvalue weighted by Crippen LogP contribution is -2.72. The van der Waals surface area contributed by atoms with E-state index < -0.39 is 42.6 Å². The maximum Gasteiger partial charge on any atom is 0.185 e. The first-order chi connectivity index (χ1) is 13.9. The molecule has 0 aliphatic carbocycles. The summed E-state index contributed by atoms with van der Waals surface area (Å²) in [5.41, 5.74) is -0.728. The van der Waals surface area contributed by atoms with Crippen LogP contribution in [0.3, 0.4) is 0 Å². The summed E-state index contributed by atoms with van der Waals surface area (Å²) in [6, 6.07) is 16.6. The lowest BCUT2D eigenvalue weighted by Gasteiger charge is -2.59. The Labute approximate surface area is 174 Å². The van der Waals surface area contributed by atoms with Gasteiger partial charge in [0.2, 0.25) is 0 Å². The highest BCUT2D eigenvalue weighted by Crippen LogP contribution is 2.50. The summed E-state index contributed by atoms with van der Waals surface area (Å²) in [6.45, 7) is 3.33. The van der Waals surface area contributed by atoms with Gasteiger partial charge in [-0.05, 0) is 26.0 Å². The van der Waals surface area contributed by atoms with E-state index in [1.165, 1.54) is 0 Å². The normalized spacial score (nSPS) is 35.7. The third-order valence-corrected chi connectivity index (χ3v) is 6.27. The van der Waals surface area contributed by atoms with E-state index in [2.05, 4.69) is 0 Å². The summed E-state index contributed by atoms with van der Waals surface area (Å²) < 4.78 is 24.7. The molecule has 0 radical (unpaired) electrons. The maximum absolute atomic E-state index is 10.7.